The van der Waals surface area contributed by atoms with Gasteiger partial charge in [0.05, 0.1) is 23.8 Å². The van der Waals surface area contributed by atoms with Gasteiger partial charge in [0.2, 0.25) is 5.91 Å². The molecule has 3 aromatic carbocycles. The van der Waals surface area contributed by atoms with Gasteiger partial charge in [0.25, 0.3) is 0 Å². The zero-order chi connectivity index (χ0) is 34.4. The van der Waals surface area contributed by atoms with Crippen LogP contribution in [0.15, 0.2) is 102 Å². The van der Waals surface area contributed by atoms with Crippen LogP contribution in [0, 0.1) is 0 Å². The highest BCUT2D eigenvalue weighted by Gasteiger charge is 2.47. The highest BCUT2D eigenvalue weighted by atomic mass is 32.2. The average molecular weight is 692 g/mol. The first-order chi connectivity index (χ1) is 23.7. The topological polar surface area (TPSA) is 101 Å². The Morgan fingerprint density at radius 2 is 1.67 bits per heavy atom. The first-order valence-electron chi connectivity index (χ1n) is 16.1. The van der Waals surface area contributed by atoms with Gasteiger partial charge in [-0.05, 0) is 52.8 Å². The van der Waals surface area contributed by atoms with E-state index in [-0.39, 0.29) is 38.3 Å². The van der Waals surface area contributed by atoms with Crippen molar-refractivity contribution in [1.29, 1.82) is 0 Å². The number of hydrogen-bond donors (Lipinski definition) is 2. The summed E-state index contributed by atoms with van der Waals surface area (Å²) in [6.07, 6.45) is -3.10. The fourth-order valence-electron chi connectivity index (χ4n) is 6.15. The van der Waals surface area contributed by atoms with E-state index in [2.05, 4.69) is 10.3 Å². The third-order valence-electron chi connectivity index (χ3n) is 8.69. The molecule has 2 saturated heterocycles. The van der Waals surface area contributed by atoms with Gasteiger partial charge in [0, 0.05) is 37.0 Å². The Morgan fingerprint density at radius 3 is 2.39 bits per heavy atom. The minimum atomic E-state index is -5.03. The molecule has 0 spiro atoms. The number of aromatic nitrogens is 1. The summed E-state index contributed by atoms with van der Waals surface area (Å²) in [5.41, 5.74) is 5.14. The van der Waals surface area contributed by atoms with Crippen LogP contribution in [0.5, 0.6) is 0 Å². The zero-order valence-electron chi connectivity index (χ0n) is 26.5. The normalized spacial score (nSPS) is 21.0. The van der Waals surface area contributed by atoms with Crippen molar-refractivity contribution in [2.75, 3.05) is 12.3 Å². The number of nitrogens with one attached hydrogen (secondary N) is 1. The number of halogens is 3. The number of ether oxygens (including phenoxy) is 2. The fraction of sp³-hybridized carbons (Fsp3) is 0.324. The van der Waals surface area contributed by atoms with Crippen LogP contribution in [-0.2, 0) is 32.2 Å². The maximum atomic E-state index is 13.1. The maximum Gasteiger partial charge on any atom is 0.471 e. The summed E-state index contributed by atoms with van der Waals surface area (Å²) in [4.78, 5) is 29.8. The van der Waals surface area contributed by atoms with Gasteiger partial charge in [0.15, 0.2) is 6.29 Å². The van der Waals surface area contributed by atoms with E-state index >= 15 is 0 Å². The van der Waals surface area contributed by atoms with Crippen molar-refractivity contribution in [3.63, 3.8) is 0 Å². The molecule has 256 valence electrons. The predicted molar refractivity (Wildman–Crippen MR) is 178 cm³/mol. The molecule has 2 aliphatic heterocycles. The number of carbonyl (C=O) groups is 2. The molecular weight excluding hydrogens is 655 g/mol. The summed E-state index contributed by atoms with van der Waals surface area (Å²) in [7, 11) is 0. The van der Waals surface area contributed by atoms with E-state index in [0.29, 0.717) is 23.5 Å². The number of aliphatic hydroxyl groups excluding tert-OH is 1. The molecule has 2 fully saturated rings. The van der Waals surface area contributed by atoms with Gasteiger partial charge in [-0.25, -0.2) is 4.98 Å². The number of likely N-dealkylation sites (tertiary alicyclic amines) is 1. The van der Waals surface area contributed by atoms with Crippen molar-refractivity contribution in [2.45, 2.75) is 68.2 Å². The number of nitrogens with zero attached hydrogens (tertiary/aromatic N) is 2. The van der Waals surface area contributed by atoms with E-state index < -0.39 is 30.3 Å². The fourth-order valence-corrected chi connectivity index (χ4v) is 7.04. The number of pyridine rings is 1. The van der Waals surface area contributed by atoms with Gasteiger partial charge < -0.3 is 24.8 Å². The molecule has 2 aliphatic rings. The molecule has 0 radical (unpaired) electrons. The third-order valence-corrected chi connectivity index (χ3v) is 9.77. The molecule has 6 rings (SSSR count). The van der Waals surface area contributed by atoms with E-state index in [4.69, 9.17) is 9.47 Å². The van der Waals surface area contributed by atoms with Gasteiger partial charge in [-0.1, -0.05) is 78.9 Å². The lowest BCUT2D eigenvalue weighted by molar-refractivity contribution is -0.245. The number of aliphatic hydroxyl groups is 1. The van der Waals surface area contributed by atoms with Crippen molar-refractivity contribution >= 4 is 23.6 Å². The zero-order valence-corrected chi connectivity index (χ0v) is 27.3. The van der Waals surface area contributed by atoms with Gasteiger partial charge in [-0.3, -0.25) is 9.59 Å². The monoisotopic (exact) mass is 691 g/mol. The summed E-state index contributed by atoms with van der Waals surface area (Å²) < 4.78 is 52.2. The summed E-state index contributed by atoms with van der Waals surface area (Å²) >= 11 is 1.62. The summed E-state index contributed by atoms with van der Waals surface area (Å²) in [6.45, 7) is -0.0539. The molecule has 0 aliphatic carbocycles. The SMILES string of the molecule is O=C(NCc1ccccc1-c1ccc(C2OC(CSc3ccccn3)CC(c3ccc(CO)cc3)O2)cc1)C1CCCN1C(=O)C(F)(F)F. The van der Waals surface area contributed by atoms with Crippen LogP contribution in [0.4, 0.5) is 13.2 Å². The van der Waals surface area contributed by atoms with Crippen molar-refractivity contribution in [2.24, 2.45) is 0 Å². The first kappa shape index (κ1) is 34.6. The molecule has 4 atom stereocenters. The lowest BCUT2D eigenvalue weighted by atomic mass is 9.97. The molecule has 2 N–H and O–H groups in total. The van der Waals surface area contributed by atoms with Crippen molar-refractivity contribution < 1.29 is 37.3 Å². The molecule has 0 bridgehead atoms. The molecule has 3 heterocycles. The third kappa shape index (κ3) is 8.50. The van der Waals surface area contributed by atoms with E-state index in [9.17, 15) is 27.9 Å². The Morgan fingerprint density at radius 1 is 0.939 bits per heavy atom. The highest BCUT2D eigenvalue weighted by molar-refractivity contribution is 7.99. The minimum Gasteiger partial charge on any atom is -0.392 e. The highest BCUT2D eigenvalue weighted by Crippen LogP contribution is 2.40. The number of thioether (sulfide) groups is 1. The van der Waals surface area contributed by atoms with Gasteiger partial charge in [-0.15, -0.1) is 11.8 Å². The smallest absolute Gasteiger partial charge is 0.392 e. The number of amides is 2. The lowest BCUT2D eigenvalue weighted by Gasteiger charge is -2.36. The molecular formula is C37H36F3N3O5S. The summed E-state index contributed by atoms with van der Waals surface area (Å²) in [6, 6.07) is 27.6. The molecule has 1 aromatic heterocycles. The quantitative estimate of drug-likeness (QED) is 0.178. The van der Waals surface area contributed by atoms with Crippen molar-refractivity contribution in [1.82, 2.24) is 15.2 Å². The average Bonchev–Trinajstić information content (AvgIpc) is 3.63. The Labute approximate surface area is 286 Å². The van der Waals surface area contributed by atoms with Crippen LogP contribution in [0.1, 0.15) is 53.9 Å². The van der Waals surface area contributed by atoms with Gasteiger partial charge >= 0.3 is 12.1 Å². The van der Waals surface area contributed by atoms with Crippen LogP contribution in [0.3, 0.4) is 0 Å². The van der Waals surface area contributed by atoms with E-state index in [1.807, 2.05) is 91.0 Å². The molecule has 4 unspecified atom stereocenters. The van der Waals surface area contributed by atoms with E-state index in [0.717, 1.165) is 38.4 Å². The van der Waals surface area contributed by atoms with Crippen molar-refractivity contribution in [3.8, 4) is 11.1 Å². The summed E-state index contributed by atoms with van der Waals surface area (Å²) in [5, 5.41) is 13.2. The molecule has 49 heavy (non-hydrogen) atoms. The Hall–Kier alpha value is -4.23. The lowest BCUT2D eigenvalue weighted by Crippen LogP contribution is -2.50. The maximum absolute atomic E-state index is 13.1. The number of alkyl halides is 3. The molecule has 4 aromatic rings. The number of benzene rings is 3. The second kappa shape index (κ2) is 15.5. The standard InChI is InChI=1S/C37H36F3N3O5S/c38-37(39,40)36(46)43-19-5-8-31(43)34(45)42-21-28-6-1-2-7-30(28)25-14-16-27(17-15-25)35-47-29(23-49-33-9-3-4-18-41-33)20-32(48-35)26-12-10-24(22-44)11-13-26/h1-4,6-7,9-18,29,31-32,35,44H,5,8,19-23H2,(H,42,45). The van der Waals surface area contributed by atoms with E-state index in [1.165, 1.54) is 0 Å². The number of hydrogen-bond acceptors (Lipinski definition) is 7. The van der Waals surface area contributed by atoms with Gasteiger partial charge in [0.1, 0.15) is 6.04 Å². The Kier molecular flexibility index (Phi) is 11.0. The Balaban J connectivity index is 1.16. The van der Waals surface area contributed by atoms with Crippen LogP contribution in [0.2, 0.25) is 0 Å². The largest absolute Gasteiger partial charge is 0.471 e. The number of rotatable bonds is 10. The molecule has 12 heteroatoms. The van der Waals surface area contributed by atoms with Crippen molar-refractivity contribution in [3.05, 3.63) is 119 Å². The van der Waals surface area contributed by atoms with E-state index in [1.54, 1.807) is 18.0 Å². The second-order valence-corrected chi connectivity index (χ2v) is 13.0. The van der Waals surface area contributed by atoms with Crippen LogP contribution in [-0.4, -0.2) is 57.4 Å². The van der Waals surface area contributed by atoms with Crippen LogP contribution < -0.4 is 5.32 Å². The van der Waals surface area contributed by atoms with Crippen LogP contribution in [0.25, 0.3) is 11.1 Å². The predicted octanol–water partition coefficient (Wildman–Crippen LogP) is 6.75. The van der Waals surface area contributed by atoms with Crippen LogP contribution >= 0.6 is 11.8 Å². The number of carbonyl (C=O) groups excluding carboxylic acids is 2. The minimum absolute atomic E-state index is 0.0369. The molecule has 0 saturated carbocycles. The molecule has 2 amide bonds. The van der Waals surface area contributed by atoms with Gasteiger partial charge in [-0.2, -0.15) is 13.2 Å². The molecule has 8 nitrogen and oxygen atoms in total. The first-order valence-corrected chi connectivity index (χ1v) is 17.1. The Bertz CT molecular complexity index is 1720. The summed E-state index contributed by atoms with van der Waals surface area (Å²) in [5.74, 6) is -1.91. The second-order valence-electron chi connectivity index (χ2n) is 12.0.